The van der Waals surface area contributed by atoms with Crippen LogP contribution in [-0.4, -0.2) is 47.9 Å². The molecule has 0 spiro atoms. The molecule has 0 aliphatic carbocycles. The van der Waals surface area contributed by atoms with E-state index < -0.39 is 0 Å². The highest BCUT2D eigenvalue weighted by Crippen LogP contribution is 2.28. The van der Waals surface area contributed by atoms with E-state index in [1.54, 1.807) is 0 Å². The van der Waals surface area contributed by atoms with Crippen LogP contribution in [0.1, 0.15) is 43.0 Å². The molecule has 3 heterocycles. The highest BCUT2D eigenvalue weighted by Gasteiger charge is 2.26. The number of aromatic nitrogens is 2. The minimum absolute atomic E-state index is 0.350. The maximum atomic E-state index is 5.55. The topological polar surface area (TPSA) is 54.6 Å². The van der Waals surface area contributed by atoms with Gasteiger partial charge >= 0.3 is 0 Å². The van der Waals surface area contributed by atoms with Crippen molar-refractivity contribution in [2.24, 2.45) is 0 Å². The molecule has 0 saturated carbocycles. The molecular weight excluding hydrogens is 316 g/mol. The normalized spacial score (nSPS) is 22.6. The van der Waals surface area contributed by atoms with Gasteiger partial charge in [-0.3, -0.25) is 4.90 Å². The maximum Gasteiger partial charge on any atom is 0.229 e. The summed E-state index contributed by atoms with van der Waals surface area (Å²) in [6, 6.07) is 9.04. The van der Waals surface area contributed by atoms with E-state index in [9.17, 15) is 0 Å². The zero-order chi connectivity index (χ0) is 17.2. The molecule has 1 aromatic carbocycles. The lowest BCUT2D eigenvalue weighted by Crippen LogP contribution is -2.37. The molecule has 0 N–H and O–H groups in total. The molecule has 1 aromatic heterocycles. The molecule has 6 nitrogen and oxygen atoms in total. The predicted octanol–water partition coefficient (Wildman–Crippen LogP) is 2.80. The number of hydrogen-bond acceptors (Lipinski definition) is 6. The summed E-state index contributed by atoms with van der Waals surface area (Å²) < 4.78 is 11.0. The zero-order valence-corrected chi connectivity index (χ0v) is 15.0. The first kappa shape index (κ1) is 16.5. The van der Waals surface area contributed by atoms with Gasteiger partial charge in [0.25, 0.3) is 0 Å². The van der Waals surface area contributed by atoms with Gasteiger partial charge in [0.05, 0.1) is 6.54 Å². The van der Waals surface area contributed by atoms with E-state index in [2.05, 4.69) is 58.2 Å². The van der Waals surface area contributed by atoms with E-state index in [0.29, 0.717) is 12.0 Å². The van der Waals surface area contributed by atoms with Crippen molar-refractivity contribution in [2.45, 2.75) is 44.8 Å². The van der Waals surface area contributed by atoms with Crippen molar-refractivity contribution in [3.05, 3.63) is 41.5 Å². The first-order valence-corrected chi connectivity index (χ1v) is 9.14. The van der Waals surface area contributed by atoms with Crippen LogP contribution in [0, 0.1) is 0 Å². The monoisotopic (exact) mass is 342 g/mol. The number of para-hydroxylation sites is 1. The molecule has 4 rings (SSSR count). The quantitative estimate of drug-likeness (QED) is 0.855. The third-order valence-electron chi connectivity index (χ3n) is 5.34. The third-order valence-corrected chi connectivity index (χ3v) is 5.34. The standard InChI is InChI=1S/C19H26N4O2/c1-14-11-22(2)17-6-4-3-5-16(17)12-23(14)13-18-20-19(25-21-18)15-7-9-24-10-8-15/h3-6,14-15H,7-13H2,1-2H3. The number of benzene rings is 1. The van der Waals surface area contributed by atoms with Crippen molar-refractivity contribution < 1.29 is 9.26 Å². The summed E-state index contributed by atoms with van der Waals surface area (Å²) in [6.45, 7) is 6.45. The summed E-state index contributed by atoms with van der Waals surface area (Å²) in [6.07, 6.45) is 1.94. The lowest BCUT2D eigenvalue weighted by molar-refractivity contribution is 0.0778. The fourth-order valence-corrected chi connectivity index (χ4v) is 3.84. The van der Waals surface area contributed by atoms with Crippen LogP contribution in [0.3, 0.4) is 0 Å². The number of hydrogen-bond donors (Lipinski definition) is 0. The summed E-state index contributed by atoms with van der Waals surface area (Å²) in [4.78, 5) is 9.45. The molecule has 1 saturated heterocycles. The highest BCUT2D eigenvalue weighted by molar-refractivity contribution is 5.53. The first-order chi connectivity index (χ1) is 12.2. The van der Waals surface area contributed by atoms with Crippen molar-refractivity contribution in [3.8, 4) is 0 Å². The first-order valence-electron chi connectivity index (χ1n) is 9.14. The van der Waals surface area contributed by atoms with Gasteiger partial charge in [-0.25, -0.2) is 0 Å². The molecule has 2 aliphatic rings. The van der Waals surface area contributed by atoms with Crippen LogP contribution in [0.4, 0.5) is 5.69 Å². The number of likely N-dealkylation sites (N-methyl/N-ethyl adjacent to an activating group) is 1. The molecule has 1 fully saturated rings. The van der Waals surface area contributed by atoms with Crippen LogP contribution in [0.5, 0.6) is 0 Å². The molecular formula is C19H26N4O2. The smallest absolute Gasteiger partial charge is 0.229 e. The summed E-state index contributed by atoms with van der Waals surface area (Å²) in [5.74, 6) is 1.91. The van der Waals surface area contributed by atoms with Gasteiger partial charge in [-0.2, -0.15) is 4.98 Å². The predicted molar refractivity (Wildman–Crippen MR) is 95.5 cm³/mol. The van der Waals surface area contributed by atoms with Gasteiger partial charge in [-0.1, -0.05) is 23.4 Å². The molecule has 0 amide bonds. The lowest BCUT2D eigenvalue weighted by atomic mass is 10.0. The minimum atomic E-state index is 0.350. The highest BCUT2D eigenvalue weighted by atomic mass is 16.5. The molecule has 134 valence electrons. The Bertz CT molecular complexity index is 711. The molecule has 2 aliphatic heterocycles. The van der Waals surface area contributed by atoms with Crippen molar-refractivity contribution in [2.75, 3.05) is 31.7 Å². The van der Waals surface area contributed by atoms with Gasteiger partial charge in [0.15, 0.2) is 5.82 Å². The van der Waals surface area contributed by atoms with E-state index in [1.807, 2.05) is 0 Å². The second-order valence-electron chi connectivity index (χ2n) is 7.20. The van der Waals surface area contributed by atoms with Crippen LogP contribution in [0.15, 0.2) is 28.8 Å². The summed E-state index contributed by atoms with van der Waals surface area (Å²) in [5.41, 5.74) is 2.66. The fourth-order valence-electron chi connectivity index (χ4n) is 3.84. The Hall–Kier alpha value is -1.92. The summed E-state index contributed by atoms with van der Waals surface area (Å²) in [7, 11) is 2.16. The molecule has 25 heavy (non-hydrogen) atoms. The van der Waals surface area contributed by atoms with Gasteiger partial charge in [-0.05, 0) is 31.4 Å². The van der Waals surface area contributed by atoms with Gasteiger partial charge in [-0.15, -0.1) is 0 Å². The van der Waals surface area contributed by atoms with Gasteiger partial charge in [0, 0.05) is 51.0 Å². The number of fused-ring (bicyclic) bond motifs is 1. The fraction of sp³-hybridized carbons (Fsp3) is 0.579. The average Bonchev–Trinajstić information content (AvgIpc) is 3.06. The number of anilines is 1. The molecule has 0 bridgehead atoms. The van der Waals surface area contributed by atoms with Crippen molar-refractivity contribution in [1.29, 1.82) is 0 Å². The van der Waals surface area contributed by atoms with E-state index in [4.69, 9.17) is 9.26 Å². The van der Waals surface area contributed by atoms with Crippen LogP contribution in [0.2, 0.25) is 0 Å². The largest absolute Gasteiger partial charge is 0.381 e. The molecule has 2 aromatic rings. The van der Waals surface area contributed by atoms with Crippen LogP contribution >= 0.6 is 0 Å². The minimum Gasteiger partial charge on any atom is -0.381 e. The number of rotatable bonds is 3. The molecule has 1 atom stereocenters. The lowest BCUT2D eigenvalue weighted by Gasteiger charge is -2.27. The van der Waals surface area contributed by atoms with Crippen molar-refractivity contribution >= 4 is 5.69 Å². The van der Waals surface area contributed by atoms with Crippen LogP contribution in [0.25, 0.3) is 0 Å². The van der Waals surface area contributed by atoms with Crippen molar-refractivity contribution in [3.63, 3.8) is 0 Å². The van der Waals surface area contributed by atoms with E-state index in [1.165, 1.54) is 11.3 Å². The molecule has 6 heteroatoms. The van der Waals surface area contributed by atoms with E-state index >= 15 is 0 Å². The van der Waals surface area contributed by atoms with E-state index in [0.717, 1.165) is 57.4 Å². The Balaban J connectivity index is 1.49. The van der Waals surface area contributed by atoms with Gasteiger partial charge in [0.2, 0.25) is 5.89 Å². The Morgan fingerprint density at radius 3 is 2.84 bits per heavy atom. The Labute approximate surface area is 148 Å². The number of ether oxygens (including phenoxy) is 1. The molecule has 0 radical (unpaired) electrons. The van der Waals surface area contributed by atoms with E-state index in [-0.39, 0.29) is 0 Å². The second-order valence-corrected chi connectivity index (χ2v) is 7.20. The van der Waals surface area contributed by atoms with Crippen LogP contribution in [-0.2, 0) is 17.8 Å². The summed E-state index contributed by atoms with van der Waals surface area (Å²) in [5, 5.41) is 4.24. The SMILES string of the molecule is CC1CN(C)c2ccccc2CN1Cc1noc(C2CCOCC2)n1. The maximum absolute atomic E-state index is 5.55. The Morgan fingerprint density at radius 1 is 1.20 bits per heavy atom. The summed E-state index contributed by atoms with van der Waals surface area (Å²) >= 11 is 0. The van der Waals surface area contributed by atoms with Crippen molar-refractivity contribution in [1.82, 2.24) is 15.0 Å². The second kappa shape index (κ2) is 7.14. The van der Waals surface area contributed by atoms with Gasteiger partial charge < -0.3 is 14.2 Å². The average molecular weight is 342 g/mol. The Kier molecular flexibility index (Phi) is 4.72. The Morgan fingerprint density at radius 2 is 2.00 bits per heavy atom. The third kappa shape index (κ3) is 3.55. The van der Waals surface area contributed by atoms with Crippen LogP contribution < -0.4 is 4.90 Å². The number of nitrogens with zero attached hydrogens (tertiary/aromatic N) is 4. The van der Waals surface area contributed by atoms with Gasteiger partial charge in [0.1, 0.15) is 0 Å². The molecule has 1 unspecified atom stereocenters. The zero-order valence-electron chi connectivity index (χ0n) is 15.0.